The van der Waals surface area contributed by atoms with Crippen molar-refractivity contribution < 1.29 is 4.74 Å². The Morgan fingerprint density at radius 1 is 1.10 bits per heavy atom. The maximum absolute atomic E-state index is 6.20. The molecule has 2 nitrogen and oxygen atoms in total. The fourth-order valence-corrected chi connectivity index (χ4v) is 2.65. The van der Waals surface area contributed by atoms with E-state index in [1.54, 1.807) is 0 Å². The lowest BCUT2D eigenvalue weighted by Crippen LogP contribution is -2.18. The van der Waals surface area contributed by atoms with E-state index in [4.69, 9.17) is 4.74 Å². The normalized spacial score (nSPS) is 12.2. The third-order valence-corrected chi connectivity index (χ3v) is 4.01. The van der Waals surface area contributed by atoms with Gasteiger partial charge in [0.15, 0.2) is 0 Å². The van der Waals surface area contributed by atoms with Crippen LogP contribution >= 0.6 is 15.9 Å². The monoisotopic (exact) mass is 347 g/mol. The van der Waals surface area contributed by atoms with Crippen LogP contribution in [0.15, 0.2) is 40.9 Å². The van der Waals surface area contributed by atoms with Crippen molar-refractivity contribution >= 4 is 15.9 Å². The lowest BCUT2D eigenvalue weighted by Gasteiger charge is -2.19. The molecule has 2 rings (SSSR count). The maximum Gasteiger partial charge on any atom is 0.133 e. The Balaban J connectivity index is 2.38. The molecule has 1 unspecified atom stereocenters. The quantitative estimate of drug-likeness (QED) is 0.767. The fourth-order valence-electron chi connectivity index (χ4n) is 2.31. The highest BCUT2D eigenvalue weighted by atomic mass is 79.9. The maximum atomic E-state index is 6.20. The van der Waals surface area contributed by atoms with Crippen molar-refractivity contribution in [3.8, 4) is 11.5 Å². The Morgan fingerprint density at radius 2 is 1.86 bits per heavy atom. The lowest BCUT2D eigenvalue weighted by atomic mass is 10.1. The van der Waals surface area contributed by atoms with Crippen LogP contribution in [0.3, 0.4) is 0 Å². The summed E-state index contributed by atoms with van der Waals surface area (Å²) < 4.78 is 7.22. The van der Waals surface area contributed by atoms with Crippen LogP contribution in [0.5, 0.6) is 11.5 Å². The number of rotatable bonds is 5. The van der Waals surface area contributed by atoms with Gasteiger partial charge in [0, 0.05) is 16.1 Å². The van der Waals surface area contributed by atoms with Gasteiger partial charge in [-0.2, -0.15) is 0 Å². The third kappa shape index (κ3) is 4.08. The van der Waals surface area contributed by atoms with E-state index >= 15 is 0 Å². The number of nitrogens with one attached hydrogen (secondary N) is 1. The van der Waals surface area contributed by atoms with Gasteiger partial charge in [-0.1, -0.05) is 41.1 Å². The van der Waals surface area contributed by atoms with E-state index in [-0.39, 0.29) is 6.04 Å². The molecule has 0 radical (unpaired) electrons. The van der Waals surface area contributed by atoms with E-state index in [0.717, 1.165) is 28.1 Å². The van der Waals surface area contributed by atoms with Crippen LogP contribution in [0.4, 0.5) is 0 Å². The number of hydrogen-bond acceptors (Lipinski definition) is 2. The summed E-state index contributed by atoms with van der Waals surface area (Å²) in [6.07, 6.45) is 0. The molecule has 0 fully saturated rings. The first-order valence-corrected chi connectivity index (χ1v) is 8.08. The van der Waals surface area contributed by atoms with Gasteiger partial charge in [0.2, 0.25) is 0 Å². The summed E-state index contributed by atoms with van der Waals surface area (Å²) >= 11 is 3.53. The molecule has 2 aromatic carbocycles. The number of ether oxygens (including phenoxy) is 1. The van der Waals surface area contributed by atoms with Crippen molar-refractivity contribution in [1.29, 1.82) is 0 Å². The van der Waals surface area contributed by atoms with Gasteiger partial charge in [0.05, 0.1) is 0 Å². The molecule has 0 aliphatic carbocycles. The molecule has 1 N–H and O–H groups in total. The van der Waals surface area contributed by atoms with Gasteiger partial charge < -0.3 is 10.1 Å². The second-order valence-electron chi connectivity index (χ2n) is 5.33. The summed E-state index contributed by atoms with van der Waals surface area (Å²) in [7, 11) is 0. The Kier molecular flexibility index (Phi) is 5.43. The molecule has 0 saturated carbocycles. The number of benzene rings is 2. The summed E-state index contributed by atoms with van der Waals surface area (Å²) in [5.41, 5.74) is 3.51. The molecule has 0 aromatic heterocycles. The third-order valence-electron chi connectivity index (χ3n) is 3.52. The van der Waals surface area contributed by atoms with E-state index in [9.17, 15) is 0 Å². The number of halogens is 1. The van der Waals surface area contributed by atoms with Gasteiger partial charge in [0.1, 0.15) is 11.5 Å². The largest absolute Gasteiger partial charge is 0.457 e. The molecule has 0 heterocycles. The summed E-state index contributed by atoms with van der Waals surface area (Å²) in [5, 5.41) is 3.44. The minimum atomic E-state index is 0.253. The van der Waals surface area contributed by atoms with Crippen molar-refractivity contribution in [3.05, 3.63) is 57.6 Å². The van der Waals surface area contributed by atoms with Crippen molar-refractivity contribution in [2.75, 3.05) is 6.54 Å². The molecule has 0 aliphatic heterocycles. The Hall–Kier alpha value is -1.32. The molecule has 0 aliphatic rings. The van der Waals surface area contributed by atoms with E-state index in [2.05, 4.69) is 79.3 Å². The molecule has 3 heteroatoms. The zero-order valence-electron chi connectivity index (χ0n) is 13.0. The average molecular weight is 348 g/mol. The van der Waals surface area contributed by atoms with Crippen LogP contribution in [0, 0.1) is 13.8 Å². The molecule has 0 saturated heterocycles. The molecule has 21 heavy (non-hydrogen) atoms. The second-order valence-corrected chi connectivity index (χ2v) is 6.25. The molecule has 0 spiro atoms. The Labute approximate surface area is 135 Å². The zero-order chi connectivity index (χ0) is 15.4. The van der Waals surface area contributed by atoms with Crippen LogP contribution in [-0.2, 0) is 0 Å². The number of aryl methyl sites for hydroxylation is 2. The van der Waals surface area contributed by atoms with Crippen molar-refractivity contribution in [1.82, 2.24) is 5.32 Å². The highest BCUT2D eigenvalue weighted by molar-refractivity contribution is 9.10. The molecular weight excluding hydrogens is 326 g/mol. The van der Waals surface area contributed by atoms with Crippen LogP contribution in [0.25, 0.3) is 0 Å². The standard InChI is InChI=1S/C18H22BrNO/c1-5-20-14(4)16-9-8-15(19)11-18(16)21-17-10-12(2)6-7-13(17)3/h6-11,14,20H,5H2,1-4H3. The van der Waals surface area contributed by atoms with Crippen molar-refractivity contribution in [2.45, 2.75) is 33.7 Å². The highest BCUT2D eigenvalue weighted by Crippen LogP contribution is 2.34. The minimum absolute atomic E-state index is 0.253. The number of hydrogen-bond donors (Lipinski definition) is 1. The Morgan fingerprint density at radius 3 is 2.57 bits per heavy atom. The first-order chi connectivity index (χ1) is 10.0. The summed E-state index contributed by atoms with van der Waals surface area (Å²) in [6.45, 7) is 9.35. The van der Waals surface area contributed by atoms with Crippen LogP contribution < -0.4 is 10.1 Å². The predicted molar refractivity (Wildman–Crippen MR) is 92.2 cm³/mol. The smallest absolute Gasteiger partial charge is 0.133 e. The molecular formula is C18H22BrNO. The van der Waals surface area contributed by atoms with Crippen molar-refractivity contribution in [3.63, 3.8) is 0 Å². The van der Waals surface area contributed by atoms with Crippen LogP contribution in [0.2, 0.25) is 0 Å². The predicted octanol–water partition coefficient (Wildman–Crippen LogP) is 5.53. The fraction of sp³-hybridized carbons (Fsp3) is 0.333. The van der Waals surface area contributed by atoms with Crippen LogP contribution in [-0.4, -0.2) is 6.54 Å². The summed E-state index contributed by atoms with van der Waals surface area (Å²) in [5.74, 6) is 1.81. The van der Waals surface area contributed by atoms with Gasteiger partial charge in [-0.15, -0.1) is 0 Å². The van der Waals surface area contributed by atoms with E-state index in [0.29, 0.717) is 0 Å². The molecule has 2 aromatic rings. The van der Waals surface area contributed by atoms with Crippen molar-refractivity contribution in [2.24, 2.45) is 0 Å². The van der Waals surface area contributed by atoms with Gasteiger partial charge >= 0.3 is 0 Å². The van der Waals surface area contributed by atoms with E-state index in [1.807, 2.05) is 6.07 Å². The highest BCUT2D eigenvalue weighted by Gasteiger charge is 2.13. The second kappa shape index (κ2) is 7.10. The van der Waals surface area contributed by atoms with Gasteiger partial charge in [-0.05, 0) is 56.6 Å². The first-order valence-electron chi connectivity index (χ1n) is 7.29. The molecule has 0 amide bonds. The molecule has 0 bridgehead atoms. The molecule has 112 valence electrons. The zero-order valence-corrected chi connectivity index (χ0v) is 14.6. The Bertz CT molecular complexity index is 625. The summed E-state index contributed by atoms with van der Waals surface area (Å²) in [4.78, 5) is 0. The molecule has 1 atom stereocenters. The van der Waals surface area contributed by atoms with Gasteiger partial charge in [-0.3, -0.25) is 0 Å². The minimum Gasteiger partial charge on any atom is -0.457 e. The van der Waals surface area contributed by atoms with E-state index in [1.165, 1.54) is 11.1 Å². The SMILES string of the molecule is CCNC(C)c1ccc(Br)cc1Oc1cc(C)ccc1C. The summed E-state index contributed by atoms with van der Waals surface area (Å²) in [6, 6.07) is 12.7. The topological polar surface area (TPSA) is 21.3 Å². The first kappa shape index (κ1) is 16.1. The average Bonchev–Trinajstić information content (AvgIpc) is 2.43. The van der Waals surface area contributed by atoms with E-state index < -0.39 is 0 Å². The van der Waals surface area contributed by atoms with Crippen LogP contribution in [0.1, 0.15) is 36.6 Å². The van der Waals surface area contributed by atoms with Gasteiger partial charge in [0.25, 0.3) is 0 Å². The lowest BCUT2D eigenvalue weighted by molar-refractivity contribution is 0.459. The van der Waals surface area contributed by atoms with Gasteiger partial charge in [-0.25, -0.2) is 0 Å².